The highest BCUT2D eigenvalue weighted by Gasteiger charge is 2.74. The molecule has 2 saturated heterocycles. The molecule has 0 saturated carbocycles. The molecule has 2 heterocycles. The van der Waals surface area contributed by atoms with Crippen LogP contribution in [0.4, 0.5) is 35.1 Å². The SMILES string of the molecule is CC1(C(=O)N2CC[C@@]3(S(=O)(=O)c4ccc(F)cc4)c4ccc(C(F)(C(F)(F)F)C(F)(F)F)cc4CCC[C@@H]23)COP(C)(=O)OC1. The molecule has 7 nitrogen and oxygen atoms in total. The fraction of sp³-hybridized carbons (Fsp3) is 0.536. The predicted molar refractivity (Wildman–Crippen MR) is 143 cm³/mol. The van der Waals surface area contributed by atoms with Crippen LogP contribution in [0.5, 0.6) is 0 Å². The molecular formula is C28H28F8NO6PS. The average molecular weight is 690 g/mol. The number of fused-ring (bicyclic) bond motifs is 3. The quantitative estimate of drug-likeness (QED) is 0.204. The lowest BCUT2D eigenvalue weighted by Crippen LogP contribution is -2.54. The molecule has 248 valence electrons. The van der Waals surface area contributed by atoms with Gasteiger partial charge in [-0.2, -0.15) is 26.3 Å². The second kappa shape index (κ2) is 10.7. The van der Waals surface area contributed by atoms with Gasteiger partial charge < -0.3 is 13.9 Å². The van der Waals surface area contributed by atoms with Crippen molar-refractivity contribution in [3.05, 3.63) is 65.0 Å². The lowest BCUT2D eigenvalue weighted by molar-refractivity contribution is -0.348. The van der Waals surface area contributed by atoms with Crippen molar-refractivity contribution in [3.63, 3.8) is 0 Å². The van der Waals surface area contributed by atoms with E-state index in [0.29, 0.717) is 6.07 Å². The Morgan fingerprint density at radius 2 is 1.56 bits per heavy atom. The van der Waals surface area contributed by atoms with Crippen molar-refractivity contribution in [3.8, 4) is 0 Å². The number of carbonyl (C=O) groups is 1. The van der Waals surface area contributed by atoms with Gasteiger partial charge in [0.15, 0.2) is 9.84 Å². The maximum Gasteiger partial charge on any atom is 0.435 e. The van der Waals surface area contributed by atoms with E-state index in [-0.39, 0.29) is 62.6 Å². The van der Waals surface area contributed by atoms with Gasteiger partial charge in [-0.3, -0.25) is 9.36 Å². The van der Waals surface area contributed by atoms with E-state index in [4.69, 9.17) is 9.05 Å². The van der Waals surface area contributed by atoms with Gasteiger partial charge in [0.2, 0.25) is 5.91 Å². The molecule has 3 aliphatic rings. The Morgan fingerprint density at radius 1 is 0.978 bits per heavy atom. The first-order valence-electron chi connectivity index (χ1n) is 13.7. The molecule has 0 bridgehead atoms. The van der Waals surface area contributed by atoms with E-state index in [1.54, 1.807) is 0 Å². The zero-order valence-corrected chi connectivity index (χ0v) is 25.6. The topological polar surface area (TPSA) is 90.0 Å². The van der Waals surface area contributed by atoms with Gasteiger partial charge in [0, 0.05) is 18.8 Å². The summed E-state index contributed by atoms with van der Waals surface area (Å²) in [5.74, 6) is -1.39. The van der Waals surface area contributed by atoms with Crippen LogP contribution < -0.4 is 0 Å². The molecule has 45 heavy (non-hydrogen) atoms. The van der Waals surface area contributed by atoms with E-state index < -0.39 is 73.8 Å². The summed E-state index contributed by atoms with van der Waals surface area (Å²) < 4.78 is 160. The van der Waals surface area contributed by atoms with Gasteiger partial charge in [-0.25, -0.2) is 17.2 Å². The Kier molecular flexibility index (Phi) is 8.07. The van der Waals surface area contributed by atoms with Gasteiger partial charge in [-0.1, -0.05) is 18.2 Å². The largest absolute Gasteiger partial charge is 0.435 e. The number of sulfone groups is 1. The molecule has 2 aromatic rings. The monoisotopic (exact) mass is 689 g/mol. The zero-order valence-electron chi connectivity index (χ0n) is 23.8. The molecule has 5 rings (SSSR count). The highest BCUT2D eigenvalue weighted by atomic mass is 32.2. The van der Waals surface area contributed by atoms with Gasteiger partial charge in [-0.15, -0.1) is 0 Å². The highest BCUT2D eigenvalue weighted by Crippen LogP contribution is 2.57. The smallest absolute Gasteiger partial charge is 0.337 e. The summed E-state index contributed by atoms with van der Waals surface area (Å²) >= 11 is 0. The number of amides is 1. The number of nitrogens with zero attached hydrogens (tertiary/aromatic N) is 1. The van der Waals surface area contributed by atoms with E-state index in [1.165, 1.54) is 18.5 Å². The number of hydrogen-bond donors (Lipinski definition) is 0. The molecule has 0 radical (unpaired) electrons. The first kappa shape index (κ1) is 33.8. The highest BCUT2D eigenvalue weighted by molar-refractivity contribution is 7.92. The lowest BCUT2D eigenvalue weighted by atomic mass is 9.84. The Balaban J connectivity index is 1.70. The fourth-order valence-corrected chi connectivity index (χ4v) is 10.0. The second-order valence-corrected chi connectivity index (χ2v) is 16.2. The summed E-state index contributed by atoms with van der Waals surface area (Å²) in [5, 5.41) is 0. The first-order valence-corrected chi connectivity index (χ1v) is 17.2. The minimum absolute atomic E-state index is 0.0107. The van der Waals surface area contributed by atoms with Gasteiger partial charge in [0.1, 0.15) is 10.6 Å². The minimum atomic E-state index is -6.39. The van der Waals surface area contributed by atoms with Crippen LogP contribution in [0, 0.1) is 11.2 Å². The minimum Gasteiger partial charge on any atom is -0.337 e. The van der Waals surface area contributed by atoms with Crippen LogP contribution in [0.1, 0.15) is 42.9 Å². The van der Waals surface area contributed by atoms with Crippen molar-refractivity contribution in [2.75, 3.05) is 26.4 Å². The molecule has 1 aliphatic carbocycles. The van der Waals surface area contributed by atoms with Crippen molar-refractivity contribution in [2.45, 2.75) is 66.3 Å². The number of halogens is 8. The number of rotatable bonds is 4. The van der Waals surface area contributed by atoms with E-state index in [0.717, 1.165) is 30.3 Å². The molecular weight excluding hydrogens is 661 g/mol. The van der Waals surface area contributed by atoms with Gasteiger partial charge in [0.05, 0.1) is 29.6 Å². The number of aryl methyl sites for hydroxylation is 1. The Labute approximate surface area is 253 Å². The van der Waals surface area contributed by atoms with Crippen LogP contribution in [-0.2, 0) is 45.1 Å². The fourth-order valence-electron chi connectivity index (χ4n) is 6.56. The van der Waals surface area contributed by atoms with Crippen LogP contribution in [0.15, 0.2) is 47.4 Å². The van der Waals surface area contributed by atoms with Gasteiger partial charge in [-0.05, 0) is 68.0 Å². The third-order valence-electron chi connectivity index (χ3n) is 8.92. The Morgan fingerprint density at radius 3 is 2.11 bits per heavy atom. The molecule has 2 atom stereocenters. The van der Waals surface area contributed by atoms with Crippen LogP contribution >= 0.6 is 7.60 Å². The van der Waals surface area contributed by atoms with Crippen molar-refractivity contribution in [2.24, 2.45) is 5.41 Å². The summed E-state index contributed by atoms with van der Waals surface area (Å²) in [4.78, 5) is 14.9. The summed E-state index contributed by atoms with van der Waals surface area (Å²) in [6.07, 6.45) is -13.4. The summed E-state index contributed by atoms with van der Waals surface area (Å²) in [7, 11) is -8.09. The van der Waals surface area contributed by atoms with E-state index in [9.17, 15) is 48.5 Å². The van der Waals surface area contributed by atoms with Crippen molar-refractivity contribution >= 4 is 23.3 Å². The van der Waals surface area contributed by atoms with Crippen LogP contribution in [-0.4, -0.2) is 64.0 Å². The summed E-state index contributed by atoms with van der Waals surface area (Å²) in [6.45, 7) is 1.83. The molecule has 0 spiro atoms. The molecule has 0 unspecified atom stereocenters. The third-order valence-corrected chi connectivity index (χ3v) is 12.7. The summed E-state index contributed by atoms with van der Waals surface area (Å²) in [5.41, 5.74) is -9.35. The predicted octanol–water partition coefficient (Wildman–Crippen LogP) is 6.60. The van der Waals surface area contributed by atoms with E-state index in [1.807, 2.05) is 0 Å². The number of alkyl halides is 7. The van der Waals surface area contributed by atoms with Crippen LogP contribution in [0.3, 0.4) is 0 Å². The van der Waals surface area contributed by atoms with Crippen molar-refractivity contribution in [1.82, 2.24) is 4.90 Å². The Hall–Kier alpha value is -2.55. The van der Waals surface area contributed by atoms with Gasteiger partial charge >= 0.3 is 25.6 Å². The molecule has 0 aromatic heterocycles. The average Bonchev–Trinajstić information content (AvgIpc) is 3.25. The Bertz CT molecular complexity index is 1640. The van der Waals surface area contributed by atoms with E-state index >= 15 is 4.39 Å². The van der Waals surface area contributed by atoms with Crippen molar-refractivity contribution in [1.29, 1.82) is 0 Å². The first-order chi connectivity index (χ1) is 20.6. The maximum atomic E-state index is 15.1. The van der Waals surface area contributed by atoms with E-state index in [2.05, 4.69) is 0 Å². The molecule has 2 fully saturated rings. The molecule has 2 aromatic carbocycles. The van der Waals surface area contributed by atoms with Crippen LogP contribution in [0.25, 0.3) is 0 Å². The number of hydrogen-bond acceptors (Lipinski definition) is 6. The third kappa shape index (κ3) is 5.19. The zero-order chi connectivity index (χ0) is 33.4. The molecule has 0 N–H and O–H groups in total. The van der Waals surface area contributed by atoms with Crippen molar-refractivity contribution < 1.29 is 61.9 Å². The number of carbonyl (C=O) groups excluding carboxylic acids is 1. The van der Waals surface area contributed by atoms with Gasteiger partial charge in [0.25, 0.3) is 0 Å². The normalized spacial score (nSPS) is 29.6. The number of benzene rings is 2. The lowest BCUT2D eigenvalue weighted by Gasteiger charge is -2.42. The molecule has 1 amide bonds. The second-order valence-electron chi connectivity index (χ2n) is 11.9. The standard InChI is InChI=1S/C28H28F8NO6PS/c1-24(15-42-44(2,39)43-16-24)23(38)37-13-12-25(45(40,41)20-9-7-19(29)8-10-20)21-11-6-18(14-17(21)4-3-5-22(25)37)26(30,27(31,32)33)28(34,35)36/h6-11,14,22H,3-5,12-13,15-16H2,1-2H3/t22-,24?,25-,44?/m1/s1. The molecule has 2 aliphatic heterocycles. The van der Waals surface area contributed by atoms with Crippen LogP contribution in [0.2, 0.25) is 0 Å². The molecule has 17 heteroatoms. The maximum absolute atomic E-state index is 15.1. The number of likely N-dealkylation sites (tertiary alicyclic amines) is 1. The summed E-state index contributed by atoms with van der Waals surface area (Å²) in [6, 6.07) is 3.94.